The molecule has 2 aromatic heterocycles. The minimum atomic E-state index is -0.624. The highest BCUT2D eigenvalue weighted by atomic mass is 35.5. The van der Waals surface area contributed by atoms with Crippen molar-refractivity contribution in [2.24, 2.45) is 10.2 Å². The Morgan fingerprint density at radius 1 is 1.15 bits per heavy atom. The van der Waals surface area contributed by atoms with Crippen LogP contribution < -0.4 is 17.0 Å². The lowest BCUT2D eigenvalue weighted by Crippen LogP contribution is -2.50. The Balaban J connectivity index is 1.59. The highest BCUT2D eigenvalue weighted by Gasteiger charge is 2.28. The van der Waals surface area contributed by atoms with Gasteiger partial charge in [0.05, 0.1) is 35.2 Å². The van der Waals surface area contributed by atoms with E-state index in [1.165, 1.54) is 22.4 Å². The van der Waals surface area contributed by atoms with Crippen LogP contribution in [0.2, 0.25) is 5.02 Å². The zero-order valence-corrected chi connectivity index (χ0v) is 19.2. The largest absolute Gasteiger partial charge is 0.335 e. The lowest BCUT2D eigenvalue weighted by atomic mass is 10.1. The maximum absolute atomic E-state index is 13.2. The molecule has 3 aromatic rings. The molecular formula is C22H21ClN6O3S. The average molecular weight is 485 g/mol. The van der Waals surface area contributed by atoms with Crippen LogP contribution in [0.5, 0.6) is 0 Å². The Morgan fingerprint density at radius 2 is 1.94 bits per heavy atom. The Bertz CT molecular complexity index is 1430. The molecule has 0 radical (unpaired) electrons. The molecule has 0 bridgehead atoms. The summed E-state index contributed by atoms with van der Waals surface area (Å²) in [5.74, 6) is 0.598. The maximum atomic E-state index is 13.2. The molecule has 2 heterocycles. The smallest absolute Gasteiger partial charge is 0.277 e. The van der Waals surface area contributed by atoms with E-state index in [0.29, 0.717) is 17.4 Å². The molecule has 5 rings (SSSR count). The predicted octanol–water partition coefficient (Wildman–Crippen LogP) is 3.03. The van der Waals surface area contributed by atoms with Crippen molar-refractivity contribution in [2.75, 3.05) is 6.54 Å². The van der Waals surface area contributed by atoms with E-state index in [2.05, 4.69) is 15.2 Å². The molecule has 33 heavy (non-hydrogen) atoms. The molecule has 1 aromatic carbocycles. The van der Waals surface area contributed by atoms with Crippen LogP contribution in [0.25, 0.3) is 6.08 Å². The van der Waals surface area contributed by atoms with Crippen LogP contribution >= 0.6 is 22.9 Å². The van der Waals surface area contributed by atoms with Crippen molar-refractivity contribution in [2.45, 2.75) is 44.7 Å². The Labute approximate surface area is 197 Å². The van der Waals surface area contributed by atoms with Crippen LogP contribution in [0.15, 0.2) is 49.7 Å². The first-order chi connectivity index (χ1) is 16.0. The zero-order chi connectivity index (χ0) is 22.9. The molecule has 0 atom stereocenters. The summed E-state index contributed by atoms with van der Waals surface area (Å²) in [6, 6.07) is 7.09. The highest BCUT2D eigenvalue weighted by molar-refractivity contribution is 7.12. The van der Waals surface area contributed by atoms with E-state index in [1.807, 2.05) is 18.2 Å². The number of aromatic nitrogens is 4. The second-order valence-electron chi connectivity index (χ2n) is 8.14. The summed E-state index contributed by atoms with van der Waals surface area (Å²) >= 11 is 7.69. The van der Waals surface area contributed by atoms with Crippen molar-refractivity contribution in [1.82, 2.24) is 19.1 Å². The molecule has 0 amide bonds. The van der Waals surface area contributed by atoms with Gasteiger partial charge in [-0.05, 0) is 49.5 Å². The monoisotopic (exact) mass is 484 g/mol. The summed E-state index contributed by atoms with van der Waals surface area (Å²) in [6.07, 6.45) is 5.85. The summed E-state index contributed by atoms with van der Waals surface area (Å²) in [4.78, 5) is 49.6. The summed E-state index contributed by atoms with van der Waals surface area (Å²) in [5.41, 5.74) is 1.68. The van der Waals surface area contributed by atoms with Crippen LogP contribution in [0.3, 0.4) is 0 Å². The fourth-order valence-electron chi connectivity index (χ4n) is 3.77. The topological polar surface area (TPSA) is 114 Å². The van der Waals surface area contributed by atoms with Crippen LogP contribution in [0.1, 0.15) is 46.3 Å². The van der Waals surface area contributed by atoms with E-state index in [0.717, 1.165) is 32.8 Å². The lowest BCUT2D eigenvalue weighted by Gasteiger charge is -2.12. The molecule has 1 N–H and O–H groups in total. The van der Waals surface area contributed by atoms with Gasteiger partial charge in [-0.25, -0.2) is 24.1 Å². The number of thiazole rings is 1. The quantitative estimate of drug-likeness (QED) is 0.519. The molecule has 11 heteroatoms. The number of aryl methyl sites for hydroxylation is 1. The van der Waals surface area contributed by atoms with Gasteiger partial charge >= 0.3 is 11.4 Å². The summed E-state index contributed by atoms with van der Waals surface area (Å²) in [5, 5.41) is 4.54. The molecule has 2 aliphatic rings. The van der Waals surface area contributed by atoms with Crippen LogP contribution in [-0.4, -0.2) is 25.6 Å². The van der Waals surface area contributed by atoms with Gasteiger partial charge in [-0.1, -0.05) is 28.9 Å². The highest BCUT2D eigenvalue weighted by Crippen LogP contribution is 2.44. The second kappa shape index (κ2) is 9.03. The molecular weight excluding hydrogens is 464 g/mol. The van der Waals surface area contributed by atoms with E-state index < -0.39 is 11.4 Å². The molecule has 0 saturated heterocycles. The van der Waals surface area contributed by atoms with Gasteiger partial charge in [0, 0.05) is 16.6 Å². The van der Waals surface area contributed by atoms with Gasteiger partial charge in [-0.3, -0.25) is 9.55 Å². The lowest BCUT2D eigenvalue weighted by molar-refractivity contribution is 0.527. The van der Waals surface area contributed by atoms with Crippen LogP contribution in [0.4, 0.5) is 0 Å². The fraction of sp³-hybridized carbons (Fsp3) is 0.364. The number of H-pyrrole nitrogens is 1. The van der Waals surface area contributed by atoms with Crippen molar-refractivity contribution >= 4 is 29.0 Å². The average Bonchev–Trinajstić information content (AvgIpc) is 3.57. The molecule has 1 saturated carbocycles. The third-order valence-electron chi connectivity index (χ3n) is 5.69. The SMILES string of the molecule is O=NCCn1c(=O)[nH]/c(=N\C2=Cc3sc(C4CC4)nc3CC2)n(Cc2ccc(Cl)cc2)c1=O. The van der Waals surface area contributed by atoms with Crippen molar-refractivity contribution < 1.29 is 0 Å². The third kappa shape index (κ3) is 4.67. The summed E-state index contributed by atoms with van der Waals surface area (Å²) in [7, 11) is 0. The van der Waals surface area contributed by atoms with E-state index in [1.54, 1.807) is 23.5 Å². The molecule has 0 spiro atoms. The van der Waals surface area contributed by atoms with E-state index in [9.17, 15) is 14.5 Å². The zero-order valence-electron chi connectivity index (χ0n) is 17.7. The van der Waals surface area contributed by atoms with Gasteiger partial charge in [0.25, 0.3) is 0 Å². The maximum Gasteiger partial charge on any atom is 0.335 e. The summed E-state index contributed by atoms with van der Waals surface area (Å²) in [6.45, 7) is -0.0937. The minimum absolute atomic E-state index is 0.102. The standard InChI is InChI=1S/C22H21ClN6O3S/c23-15-5-1-13(2-6-15)12-29-20(27-21(30)28(22(29)31)10-9-24-32)25-16-7-8-17-18(11-16)33-19(26-17)14-3-4-14/h1-2,5-6,11,14H,3-4,7-10,12H2,(H,25,27,30). The number of fused-ring (bicyclic) bond motifs is 1. The Morgan fingerprint density at radius 3 is 2.67 bits per heavy atom. The van der Waals surface area contributed by atoms with E-state index in [4.69, 9.17) is 16.6 Å². The number of benzene rings is 1. The van der Waals surface area contributed by atoms with Gasteiger partial charge in [0.2, 0.25) is 5.62 Å². The number of allylic oxidation sites excluding steroid dienone is 1. The minimum Gasteiger partial charge on any atom is -0.277 e. The first-order valence-corrected chi connectivity index (χ1v) is 11.9. The number of hydrogen-bond donors (Lipinski definition) is 1. The second-order valence-corrected chi connectivity index (χ2v) is 9.64. The van der Waals surface area contributed by atoms with E-state index >= 15 is 0 Å². The number of hydrogen-bond acceptors (Lipinski definition) is 7. The van der Waals surface area contributed by atoms with Crippen molar-refractivity contribution in [1.29, 1.82) is 0 Å². The van der Waals surface area contributed by atoms with Crippen molar-refractivity contribution in [3.63, 3.8) is 0 Å². The number of aromatic amines is 1. The fourth-order valence-corrected chi connectivity index (χ4v) is 5.14. The first-order valence-electron chi connectivity index (χ1n) is 10.7. The number of nitrogens with zero attached hydrogens (tertiary/aromatic N) is 5. The Hall–Kier alpha value is -3.11. The molecule has 0 unspecified atom stereocenters. The molecule has 0 aliphatic heterocycles. The van der Waals surface area contributed by atoms with Crippen LogP contribution in [0, 0.1) is 4.91 Å². The van der Waals surface area contributed by atoms with E-state index in [-0.39, 0.29) is 25.3 Å². The van der Waals surface area contributed by atoms with Crippen LogP contribution in [-0.2, 0) is 19.5 Å². The number of nitroso groups, excluding NO2 is 1. The number of nitrogens with one attached hydrogen (secondary N) is 1. The Kier molecular flexibility index (Phi) is 5.94. The van der Waals surface area contributed by atoms with Gasteiger partial charge in [0.15, 0.2) is 0 Å². The molecule has 9 nitrogen and oxygen atoms in total. The molecule has 170 valence electrons. The molecule has 2 aliphatic carbocycles. The van der Waals surface area contributed by atoms with Crippen molar-refractivity contribution in [3.05, 3.63) is 87.6 Å². The van der Waals surface area contributed by atoms with Gasteiger partial charge in [-0.15, -0.1) is 11.3 Å². The molecule has 1 fully saturated rings. The van der Waals surface area contributed by atoms with Gasteiger partial charge in [0.1, 0.15) is 0 Å². The predicted molar refractivity (Wildman–Crippen MR) is 126 cm³/mol. The summed E-state index contributed by atoms with van der Waals surface area (Å²) < 4.78 is 2.36. The van der Waals surface area contributed by atoms with Crippen molar-refractivity contribution in [3.8, 4) is 0 Å². The number of rotatable bonds is 7. The normalized spacial score (nSPS) is 15.9. The van der Waals surface area contributed by atoms with Gasteiger partial charge < -0.3 is 0 Å². The third-order valence-corrected chi connectivity index (χ3v) is 7.15. The first kappa shape index (κ1) is 21.7. The number of halogens is 1. The van der Waals surface area contributed by atoms with Gasteiger partial charge in [-0.2, -0.15) is 4.91 Å².